The second-order valence-corrected chi connectivity index (χ2v) is 14.1. The van der Waals surface area contributed by atoms with E-state index in [0.29, 0.717) is 47.4 Å². The summed E-state index contributed by atoms with van der Waals surface area (Å²) in [5, 5.41) is 3.19. The molecule has 1 aromatic heterocycles. The largest absolute Gasteiger partial charge is 0.418 e. The van der Waals surface area contributed by atoms with Gasteiger partial charge in [0.25, 0.3) is 0 Å². The first-order valence-corrected chi connectivity index (χ1v) is 16.4. The number of halogens is 6. The number of fused-ring (bicyclic) bond motifs is 1. The van der Waals surface area contributed by atoms with E-state index in [1.165, 1.54) is 11.1 Å². The van der Waals surface area contributed by atoms with Crippen LogP contribution in [0.1, 0.15) is 48.8 Å². The van der Waals surface area contributed by atoms with Gasteiger partial charge in [-0.15, -0.1) is 0 Å². The third-order valence-corrected chi connectivity index (χ3v) is 11.1. The van der Waals surface area contributed by atoms with E-state index >= 15 is 0 Å². The summed E-state index contributed by atoms with van der Waals surface area (Å²) in [5.41, 5.74) is -2.87. The minimum absolute atomic E-state index is 0.0893. The van der Waals surface area contributed by atoms with E-state index in [1.54, 1.807) is 0 Å². The highest BCUT2D eigenvalue weighted by Crippen LogP contribution is 2.64. The van der Waals surface area contributed by atoms with Crippen LogP contribution in [0.4, 0.5) is 60.0 Å². The number of hydrogen-bond acceptors (Lipinski definition) is 6. The molecule has 2 atom stereocenters. The maximum absolute atomic E-state index is 14.6. The number of amides is 2. The van der Waals surface area contributed by atoms with Gasteiger partial charge in [-0.2, -0.15) is 31.3 Å². The molecule has 48 heavy (non-hydrogen) atoms. The van der Waals surface area contributed by atoms with Gasteiger partial charge < -0.3 is 15.1 Å². The molecule has 14 heteroatoms. The molecule has 0 spiro atoms. The maximum atomic E-state index is 14.6. The van der Waals surface area contributed by atoms with Gasteiger partial charge in [-0.05, 0) is 93.3 Å². The fourth-order valence-electron chi connectivity index (χ4n) is 9.15. The fraction of sp³-hybridized carbons (Fsp3) is 0.500. The molecule has 8 nitrogen and oxygen atoms in total. The Morgan fingerprint density at radius 1 is 0.854 bits per heavy atom. The lowest BCUT2D eigenvalue weighted by Crippen LogP contribution is -2.60. The Bertz CT molecular complexity index is 1690. The zero-order valence-electron chi connectivity index (χ0n) is 26.3. The Hall–Kier alpha value is -4.07. The number of piperazine rings is 1. The standard InChI is InChI=1S/C34H35F6N7O/c1-44-9-11-45(12-10-44)25-7-5-24(6-8-25)42-30-41-18-22-19-46(28-26(33(35,36)37)3-2-4-27(28)34(38,39)40)31(48)47(29(22)43-30)32-16-20-13-21(17-32)15-23(32)14-20/h2-8,18,20-21,23H,9-17,19H2,1H3,(H,41,42,43). The summed E-state index contributed by atoms with van der Waals surface area (Å²) in [7, 11) is 2.10. The SMILES string of the molecule is CN1CCN(c2ccc(Nc3ncc4c(n3)N(C35CC6CC(CC3C6)C5)C(=O)N(c3c(C(F)(F)F)cccc3C(F)(F)F)C4)cc2)CC1. The van der Waals surface area contributed by atoms with Crippen molar-refractivity contribution in [1.82, 2.24) is 14.9 Å². The van der Waals surface area contributed by atoms with Crippen molar-refractivity contribution < 1.29 is 31.1 Å². The molecule has 6 aliphatic rings. The van der Waals surface area contributed by atoms with Crippen molar-refractivity contribution in [3.63, 3.8) is 0 Å². The van der Waals surface area contributed by atoms with Crippen LogP contribution >= 0.6 is 0 Å². The molecule has 1 N–H and O–H groups in total. The van der Waals surface area contributed by atoms with Crippen LogP contribution < -0.4 is 20.0 Å². The number of aromatic nitrogens is 2. The maximum Gasteiger partial charge on any atom is 0.418 e. The molecule has 5 fully saturated rings. The van der Waals surface area contributed by atoms with Crippen molar-refractivity contribution in [1.29, 1.82) is 0 Å². The van der Waals surface area contributed by atoms with Crippen molar-refractivity contribution in [2.75, 3.05) is 53.2 Å². The Labute approximate surface area is 273 Å². The van der Waals surface area contributed by atoms with Gasteiger partial charge in [-0.3, -0.25) is 9.80 Å². The lowest BCUT2D eigenvalue weighted by molar-refractivity contribution is -0.142. The van der Waals surface area contributed by atoms with Crippen molar-refractivity contribution >= 4 is 34.9 Å². The lowest BCUT2D eigenvalue weighted by Gasteiger charge is -2.48. The number of rotatable bonds is 5. The topological polar surface area (TPSA) is 67.8 Å². The Balaban J connectivity index is 1.18. The zero-order valence-corrected chi connectivity index (χ0v) is 26.3. The molecule has 2 amide bonds. The third-order valence-electron chi connectivity index (χ3n) is 11.1. The highest BCUT2D eigenvalue weighted by molar-refractivity contribution is 6.07. The van der Waals surface area contributed by atoms with E-state index in [0.717, 1.165) is 57.2 Å². The van der Waals surface area contributed by atoms with Gasteiger partial charge in [0.05, 0.1) is 28.9 Å². The van der Waals surface area contributed by atoms with Crippen molar-refractivity contribution in [2.45, 2.75) is 56.5 Å². The number of likely N-dealkylation sites (N-methyl/N-ethyl adjacent to an activating group) is 1. The molecule has 2 aromatic carbocycles. The van der Waals surface area contributed by atoms with Crippen molar-refractivity contribution in [2.24, 2.45) is 17.8 Å². The molecule has 1 saturated heterocycles. The number of nitrogens with zero attached hydrogens (tertiary/aromatic N) is 6. The summed E-state index contributed by atoms with van der Waals surface area (Å²) < 4.78 is 85.9. The van der Waals surface area contributed by atoms with Crippen LogP contribution in [0.5, 0.6) is 0 Å². The second kappa shape index (κ2) is 11.0. The first-order valence-electron chi connectivity index (χ1n) is 16.4. The molecule has 0 radical (unpaired) electrons. The molecule has 9 rings (SSSR count). The molecule has 4 bridgehead atoms. The zero-order chi connectivity index (χ0) is 33.6. The van der Waals surface area contributed by atoms with E-state index in [1.807, 2.05) is 24.3 Å². The van der Waals surface area contributed by atoms with E-state index in [2.05, 4.69) is 27.1 Å². The fourth-order valence-corrected chi connectivity index (χ4v) is 9.15. The summed E-state index contributed by atoms with van der Waals surface area (Å²) in [5.74, 6) is 1.22. The minimum Gasteiger partial charge on any atom is -0.369 e. The van der Waals surface area contributed by atoms with Crippen LogP contribution in [0.15, 0.2) is 48.7 Å². The van der Waals surface area contributed by atoms with E-state index < -0.39 is 47.3 Å². The van der Waals surface area contributed by atoms with E-state index in [-0.39, 0.29) is 23.2 Å². The van der Waals surface area contributed by atoms with Gasteiger partial charge >= 0.3 is 18.4 Å². The smallest absolute Gasteiger partial charge is 0.369 e. The highest BCUT2D eigenvalue weighted by atomic mass is 19.4. The average Bonchev–Trinajstić information content (AvgIpc) is 3.43. The minimum atomic E-state index is -5.13. The monoisotopic (exact) mass is 671 g/mol. The summed E-state index contributed by atoms with van der Waals surface area (Å²) in [4.78, 5) is 30.5. The van der Waals surface area contributed by atoms with Gasteiger partial charge in [0.2, 0.25) is 5.95 Å². The van der Waals surface area contributed by atoms with E-state index in [9.17, 15) is 31.1 Å². The van der Waals surface area contributed by atoms with Crippen LogP contribution in [-0.4, -0.2) is 59.7 Å². The van der Waals surface area contributed by atoms with E-state index in [4.69, 9.17) is 4.98 Å². The number of carbonyl (C=O) groups is 1. The van der Waals surface area contributed by atoms with Gasteiger partial charge in [0, 0.05) is 49.3 Å². The van der Waals surface area contributed by atoms with Crippen LogP contribution in [0.2, 0.25) is 0 Å². The second-order valence-electron chi connectivity index (χ2n) is 14.1. The van der Waals surface area contributed by atoms with Crippen LogP contribution in [0, 0.1) is 17.8 Å². The molecule has 2 aliphatic heterocycles. The number of hydrogen-bond donors (Lipinski definition) is 1. The molecular formula is C34H35F6N7O. The number of carbonyl (C=O) groups excluding carboxylic acids is 1. The molecule has 3 heterocycles. The number of urea groups is 1. The molecule has 3 aromatic rings. The number of para-hydroxylation sites is 1. The number of nitrogens with one attached hydrogen (secondary N) is 1. The quantitative estimate of drug-likeness (QED) is 0.283. The summed E-state index contributed by atoms with van der Waals surface area (Å²) in [6, 6.07) is 8.82. The molecule has 4 aliphatic carbocycles. The number of benzene rings is 2. The average molecular weight is 672 g/mol. The van der Waals surface area contributed by atoms with Crippen LogP contribution in [-0.2, 0) is 18.9 Å². The van der Waals surface area contributed by atoms with Crippen LogP contribution in [0.3, 0.4) is 0 Å². The molecule has 254 valence electrons. The van der Waals surface area contributed by atoms with Crippen LogP contribution in [0.25, 0.3) is 0 Å². The van der Waals surface area contributed by atoms with Crippen molar-refractivity contribution in [3.8, 4) is 0 Å². The number of anilines is 5. The van der Waals surface area contributed by atoms with Gasteiger partial charge in [0.15, 0.2) is 0 Å². The summed E-state index contributed by atoms with van der Waals surface area (Å²) >= 11 is 0. The summed E-state index contributed by atoms with van der Waals surface area (Å²) in [6.45, 7) is 3.24. The van der Waals surface area contributed by atoms with Gasteiger partial charge in [-0.1, -0.05) is 6.07 Å². The number of alkyl halides is 6. The highest BCUT2D eigenvalue weighted by Gasteiger charge is 2.63. The lowest BCUT2D eigenvalue weighted by atomic mass is 9.79. The van der Waals surface area contributed by atoms with Gasteiger partial charge in [0.1, 0.15) is 5.82 Å². The molecule has 2 unspecified atom stereocenters. The Kier molecular flexibility index (Phi) is 7.14. The Morgan fingerprint density at radius 3 is 2.08 bits per heavy atom. The third kappa shape index (κ3) is 5.14. The van der Waals surface area contributed by atoms with Crippen molar-refractivity contribution in [3.05, 3.63) is 65.4 Å². The molecular weight excluding hydrogens is 636 g/mol. The van der Waals surface area contributed by atoms with Gasteiger partial charge in [-0.25, -0.2) is 9.78 Å². The first kappa shape index (κ1) is 31.2. The predicted molar refractivity (Wildman–Crippen MR) is 168 cm³/mol. The predicted octanol–water partition coefficient (Wildman–Crippen LogP) is 7.53. The molecule has 4 saturated carbocycles. The Morgan fingerprint density at radius 2 is 1.48 bits per heavy atom. The normalized spacial score (nSPS) is 27.2. The summed E-state index contributed by atoms with van der Waals surface area (Å²) in [6.07, 6.45) is -4.80. The first-order chi connectivity index (χ1) is 22.8.